The Balaban J connectivity index is 1.70. The highest BCUT2D eigenvalue weighted by Crippen LogP contribution is 2.44. The number of ether oxygens (including phenoxy) is 1. The van der Waals surface area contributed by atoms with Crippen LogP contribution in [-0.4, -0.2) is 21.8 Å². The van der Waals surface area contributed by atoms with Gasteiger partial charge in [0.15, 0.2) is 5.11 Å². The second-order valence-electron chi connectivity index (χ2n) is 8.81. The van der Waals surface area contributed by atoms with E-state index in [0.29, 0.717) is 10.1 Å². The predicted molar refractivity (Wildman–Crippen MR) is 146 cm³/mol. The molecule has 2 aromatic carbocycles. The summed E-state index contributed by atoms with van der Waals surface area (Å²) in [6.45, 7) is 6.32. The van der Waals surface area contributed by atoms with E-state index in [1.54, 1.807) is 7.11 Å². The lowest BCUT2D eigenvalue weighted by Crippen LogP contribution is -2.29. The van der Waals surface area contributed by atoms with Gasteiger partial charge in [-0.1, -0.05) is 35.4 Å². The maximum Gasteiger partial charge on any atom is 0.174 e. The van der Waals surface area contributed by atoms with Crippen LogP contribution in [0.3, 0.4) is 0 Å². The summed E-state index contributed by atoms with van der Waals surface area (Å²) in [5.74, 6) is 0.763. The van der Waals surface area contributed by atoms with E-state index in [0.717, 1.165) is 39.8 Å². The normalized spacial score (nSPS) is 17.5. The van der Waals surface area contributed by atoms with E-state index < -0.39 is 0 Å². The van der Waals surface area contributed by atoms with Crippen LogP contribution in [0.25, 0.3) is 5.69 Å². The highest BCUT2D eigenvalue weighted by atomic mass is 35.5. The first-order valence-corrected chi connectivity index (χ1v) is 12.3. The van der Waals surface area contributed by atoms with Crippen LogP contribution >= 0.6 is 23.8 Å². The van der Waals surface area contributed by atoms with Crippen molar-refractivity contribution >= 4 is 34.6 Å². The smallest absolute Gasteiger partial charge is 0.174 e. The molecule has 1 N–H and O–H groups in total. The lowest BCUT2D eigenvalue weighted by atomic mass is 9.96. The van der Waals surface area contributed by atoms with E-state index in [2.05, 4.69) is 70.9 Å². The average molecular weight is 503 g/mol. The van der Waals surface area contributed by atoms with E-state index in [1.807, 2.05) is 42.6 Å². The fourth-order valence-corrected chi connectivity index (χ4v) is 5.46. The zero-order valence-corrected chi connectivity index (χ0v) is 21.7. The number of anilines is 1. The Labute approximate surface area is 216 Å². The number of nitrogens with one attached hydrogen (secondary N) is 1. The largest absolute Gasteiger partial charge is 0.495 e. The minimum absolute atomic E-state index is 0.0924. The first-order chi connectivity index (χ1) is 16.9. The maximum atomic E-state index is 6.39. The molecule has 7 heteroatoms. The van der Waals surface area contributed by atoms with Crippen molar-refractivity contribution in [2.75, 3.05) is 12.0 Å². The number of pyridine rings is 1. The number of thiocarbonyl (C=S) groups is 1. The fourth-order valence-electron chi connectivity index (χ4n) is 4.95. The van der Waals surface area contributed by atoms with Gasteiger partial charge in [0.25, 0.3) is 0 Å². The maximum absolute atomic E-state index is 6.39. The number of methoxy groups -OCH3 is 1. The van der Waals surface area contributed by atoms with Gasteiger partial charge in [0.2, 0.25) is 0 Å². The van der Waals surface area contributed by atoms with E-state index >= 15 is 0 Å². The Morgan fingerprint density at radius 3 is 2.46 bits per heavy atom. The van der Waals surface area contributed by atoms with Crippen molar-refractivity contribution in [1.29, 1.82) is 0 Å². The number of hydrogen-bond acceptors (Lipinski definition) is 3. The molecular formula is C28H27ClN4OS. The molecule has 1 saturated heterocycles. The molecule has 35 heavy (non-hydrogen) atoms. The van der Waals surface area contributed by atoms with Gasteiger partial charge in [-0.15, -0.1) is 0 Å². The zero-order valence-electron chi connectivity index (χ0n) is 20.1. The molecule has 2 aromatic heterocycles. The van der Waals surface area contributed by atoms with Gasteiger partial charge in [0.1, 0.15) is 5.75 Å². The molecule has 0 aliphatic carbocycles. The summed E-state index contributed by atoms with van der Waals surface area (Å²) >= 11 is 12.3. The monoisotopic (exact) mass is 502 g/mol. The third kappa shape index (κ3) is 4.17. The standard InChI is InChI=1S/C28H27ClN4OS/c1-17-8-11-21(12-9-17)33-27(26(31-28(33)35)23-7-5-6-14-30-23)22-15-18(2)32(19(22)3)24-16-20(29)10-13-25(24)34-4/h5-16,26-27H,1-4H3,(H,31,35)/t26-,27-/m0/s1. The summed E-state index contributed by atoms with van der Waals surface area (Å²) in [4.78, 5) is 6.88. The Morgan fingerprint density at radius 1 is 1.00 bits per heavy atom. The van der Waals surface area contributed by atoms with Gasteiger partial charge in [0.05, 0.1) is 30.6 Å². The van der Waals surface area contributed by atoms with Crippen LogP contribution in [0.15, 0.2) is 72.9 Å². The van der Waals surface area contributed by atoms with Crippen LogP contribution in [0.2, 0.25) is 5.02 Å². The highest BCUT2D eigenvalue weighted by Gasteiger charge is 2.42. The summed E-state index contributed by atoms with van der Waals surface area (Å²) in [5.41, 5.74) is 7.44. The molecule has 0 amide bonds. The molecule has 0 bridgehead atoms. The molecule has 2 atom stereocenters. The van der Waals surface area contributed by atoms with Crippen molar-refractivity contribution in [2.24, 2.45) is 0 Å². The Bertz CT molecular complexity index is 1380. The van der Waals surface area contributed by atoms with Gasteiger partial charge in [0, 0.05) is 28.3 Å². The van der Waals surface area contributed by atoms with Gasteiger partial charge >= 0.3 is 0 Å². The van der Waals surface area contributed by atoms with Crippen molar-refractivity contribution in [3.8, 4) is 11.4 Å². The lowest BCUT2D eigenvalue weighted by Gasteiger charge is -2.28. The van der Waals surface area contributed by atoms with Gasteiger partial charge in [-0.2, -0.15) is 0 Å². The number of rotatable bonds is 5. The number of halogens is 1. The fraction of sp³-hybridized carbons (Fsp3) is 0.214. The van der Waals surface area contributed by atoms with Crippen LogP contribution in [0.5, 0.6) is 5.75 Å². The summed E-state index contributed by atoms with van der Waals surface area (Å²) in [6.07, 6.45) is 1.83. The van der Waals surface area contributed by atoms with E-state index in [4.69, 9.17) is 28.6 Å². The van der Waals surface area contributed by atoms with Crippen molar-refractivity contribution in [3.63, 3.8) is 0 Å². The quantitative estimate of drug-likeness (QED) is 0.310. The zero-order chi connectivity index (χ0) is 24.7. The molecule has 3 heterocycles. The van der Waals surface area contributed by atoms with Crippen LogP contribution in [-0.2, 0) is 0 Å². The van der Waals surface area contributed by atoms with Gasteiger partial charge in [-0.3, -0.25) is 4.98 Å². The van der Waals surface area contributed by atoms with Gasteiger partial charge in [-0.05, 0) is 87.1 Å². The average Bonchev–Trinajstić information content (AvgIpc) is 3.35. The van der Waals surface area contributed by atoms with Crippen molar-refractivity contribution in [3.05, 3.63) is 106 Å². The Kier molecular flexibility index (Phi) is 6.26. The third-order valence-electron chi connectivity index (χ3n) is 6.58. The number of benzene rings is 2. The SMILES string of the molecule is COc1ccc(Cl)cc1-n1c(C)cc([C@H]2[C@H](c3ccccn3)NC(=S)N2c2ccc(C)cc2)c1C. The highest BCUT2D eigenvalue weighted by molar-refractivity contribution is 7.80. The number of hydrogen-bond donors (Lipinski definition) is 1. The number of aromatic nitrogens is 2. The molecule has 1 aliphatic heterocycles. The minimum atomic E-state index is -0.111. The van der Waals surface area contributed by atoms with Crippen molar-refractivity contribution in [1.82, 2.24) is 14.9 Å². The van der Waals surface area contributed by atoms with E-state index in [9.17, 15) is 0 Å². The summed E-state index contributed by atoms with van der Waals surface area (Å²) in [6, 6.07) is 22.2. The second kappa shape index (κ2) is 9.36. The van der Waals surface area contributed by atoms with Crippen LogP contribution < -0.4 is 15.0 Å². The molecule has 0 radical (unpaired) electrons. The topological polar surface area (TPSA) is 42.3 Å². The minimum Gasteiger partial charge on any atom is -0.495 e. The van der Waals surface area contributed by atoms with E-state index in [1.165, 1.54) is 5.56 Å². The van der Waals surface area contributed by atoms with Gasteiger partial charge < -0.3 is 19.5 Å². The predicted octanol–water partition coefficient (Wildman–Crippen LogP) is 6.64. The van der Waals surface area contributed by atoms with E-state index in [-0.39, 0.29) is 12.1 Å². The number of nitrogens with zero attached hydrogens (tertiary/aromatic N) is 3. The third-order valence-corrected chi connectivity index (χ3v) is 7.13. The molecule has 0 unspecified atom stereocenters. The number of aryl methyl sites for hydroxylation is 2. The molecule has 4 aromatic rings. The molecule has 5 nitrogen and oxygen atoms in total. The molecule has 1 fully saturated rings. The van der Waals surface area contributed by atoms with Crippen molar-refractivity contribution < 1.29 is 4.74 Å². The van der Waals surface area contributed by atoms with Crippen LogP contribution in [0.1, 0.15) is 40.3 Å². The molecular weight excluding hydrogens is 476 g/mol. The Hall–Kier alpha value is -3.35. The first kappa shape index (κ1) is 23.4. The second-order valence-corrected chi connectivity index (χ2v) is 9.63. The lowest BCUT2D eigenvalue weighted by molar-refractivity contribution is 0.412. The molecule has 1 aliphatic rings. The molecule has 5 rings (SSSR count). The van der Waals surface area contributed by atoms with Crippen LogP contribution in [0, 0.1) is 20.8 Å². The molecule has 0 spiro atoms. The molecule has 0 saturated carbocycles. The van der Waals surface area contributed by atoms with Gasteiger partial charge in [-0.25, -0.2) is 0 Å². The van der Waals surface area contributed by atoms with Crippen molar-refractivity contribution in [2.45, 2.75) is 32.9 Å². The summed E-state index contributed by atoms with van der Waals surface area (Å²) in [7, 11) is 1.68. The van der Waals surface area contributed by atoms with Crippen LogP contribution in [0.4, 0.5) is 5.69 Å². The summed E-state index contributed by atoms with van der Waals surface area (Å²) < 4.78 is 7.87. The Morgan fingerprint density at radius 2 is 1.77 bits per heavy atom. The summed E-state index contributed by atoms with van der Waals surface area (Å²) in [5, 5.41) is 4.89. The first-order valence-electron chi connectivity index (χ1n) is 11.5. The molecule has 178 valence electrons.